The zero-order chi connectivity index (χ0) is 27.1. The third-order valence-corrected chi connectivity index (χ3v) is 7.34. The molecule has 192 valence electrons. The summed E-state index contributed by atoms with van der Waals surface area (Å²) in [5, 5.41) is 7.51. The van der Waals surface area contributed by atoms with Gasteiger partial charge in [-0.1, -0.05) is 41.9 Å². The molecule has 0 saturated heterocycles. The van der Waals surface area contributed by atoms with E-state index in [9.17, 15) is 13.6 Å². The Labute approximate surface area is 229 Å². The molecule has 0 spiro atoms. The number of carbonyl (C=O) groups excluding carboxylic acids is 1. The molecule has 3 aromatic heterocycles. The number of anilines is 2. The fraction of sp³-hybridized carbons (Fsp3) is 0. The summed E-state index contributed by atoms with van der Waals surface area (Å²) in [6.07, 6.45) is 1.52. The van der Waals surface area contributed by atoms with Crippen molar-refractivity contribution in [2.45, 2.75) is 0 Å². The maximum atomic E-state index is 15.0. The number of carbonyl (C=O) groups is 1. The number of nitrogens with zero attached hydrogens (tertiary/aromatic N) is 3. The van der Waals surface area contributed by atoms with Crippen molar-refractivity contribution in [3.8, 4) is 28.1 Å². The normalized spacial score (nSPS) is 11.2. The number of nitrogens with two attached hydrogens (primary N) is 1. The van der Waals surface area contributed by atoms with Crippen LogP contribution in [-0.4, -0.2) is 16.2 Å². The van der Waals surface area contributed by atoms with Gasteiger partial charge in [0.25, 0.3) is 12.1 Å². The molecule has 0 bridgehead atoms. The average Bonchev–Trinajstić information content (AvgIpc) is 3.53. The van der Waals surface area contributed by atoms with E-state index in [0.717, 1.165) is 34.7 Å². The molecule has 1 amide bonds. The molecule has 0 aliphatic carbocycles. The van der Waals surface area contributed by atoms with Crippen LogP contribution >= 0.6 is 22.9 Å². The van der Waals surface area contributed by atoms with Gasteiger partial charge in [0.1, 0.15) is 21.3 Å². The van der Waals surface area contributed by atoms with Crippen LogP contribution in [0.2, 0.25) is 5.02 Å². The second-order valence-electron chi connectivity index (χ2n) is 8.51. The van der Waals surface area contributed by atoms with Gasteiger partial charge in [-0.05, 0) is 40.6 Å². The third kappa shape index (κ3) is 4.71. The monoisotopic (exact) mass is 560 g/mol. The highest BCUT2D eigenvalue weighted by molar-refractivity contribution is 7.21. The number of nitrogens with one attached hydrogen (secondary N) is 1. The first-order valence-corrected chi connectivity index (χ1v) is 12.8. The molecule has 0 aliphatic rings. The van der Waals surface area contributed by atoms with Crippen molar-refractivity contribution in [3.63, 3.8) is 0 Å². The van der Waals surface area contributed by atoms with Crippen molar-refractivity contribution in [2.75, 3.05) is 11.1 Å². The molecular weight excluding hydrogens is 544 g/mol. The number of pyridine rings is 1. The smallest absolute Gasteiger partial charge is 0.303 e. The fourth-order valence-corrected chi connectivity index (χ4v) is 5.29. The van der Waals surface area contributed by atoms with Gasteiger partial charge in [-0.3, -0.25) is 14.6 Å². The summed E-state index contributed by atoms with van der Waals surface area (Å²) in [7, 11) is 0. The van der Waals surface area contributed by atoms with Crippen molar-refractivity contribution in [1.29, 1.82) is 0 Å². The molecule has 0 atom stereocenters. The van der Waals surface area contributed by atoms with E-state index in [1.807, 2.05) is 30.3 Å². The van der Waals surface area contributed by atoms with E-state index in [4.69, 9.17) is 26.8 Å². The van der Waals surface area contributed by atoms with Crippen LogP contribution in [0.4, 0.5) is 20.4 Å². The summed E-state index contributed by atoms with van der Waals surface area (Å²) in [6.45, 7) is 0. The van der Waals surface area contributed by atoms with Crippen LogP contribution in [0.15, 0.2) is 89.6 Å². The Morgan fingerprint density at radius 1 is 1.00 bits per heavy atom. The zero-order valence-electron chi connectivity index (χ0n) is 19.9. The zero-order valence-corrected chi connectivity index (χ0v) is 21.4. The van der Waals surface area contributed by atoms with Crippen molar-refractivity contribution in [2.24, 2.45) is 0 Å². The maximum Gasteiger partial charge on any atom is 0.303 e. The van der Waals surface area contributed by atoms with Gasteiger partial charge in [0.05, 0.1) is 11.4 Å². The van der Waals surface area contributed by atoms with E-state index < -0.39 is 17.5 Å². The summed E-state index contributed by atoms with van der Waals surface area (Å²) >= 11 is 7.09. The number of hydrogen-bond donors (Lipinski definition) is 2. The number of thiophene rings is 1. The summed E-state index contributed by atoms with van der Waals surface area (Å²) < 4.78 is 35.4. The minimum atomic E-state index is -0.770. The molecule has 11 heteroatoms. The lowest BCUT2D eigenvalue weighted by molar-refractivity contribution is -0.670. The molecule has 6 rings (SSSR count). The largest absolute Gasteiger partial charge is 0.397 e. The van der Waals surface area contributed by atoms with Gasteiger partial charge in [-0.25, -0.2) is 13.8 Å². The van der Waals surface area contributed by atoms with Gasteiger partial charge in [0, 0.05) is 39.7 Å². The number of para-hydroxylation sites is 1. The standard InChI is InChI=1S/C28H16ClF2N5O2S/c29-16-8-6-15(7-9-16)22-13-20(19-11-10-17(30)12-21(19)31)24-25(32)26(39-28(24)33-22)27(37)34-23-14-36(35-38-23)18-4-2-1-3-5-18/h1-14H,(H2-,32,34,35,37)/p+1. The number of benzene rings is 3. The molecule has 3 N–H and O–H groups in total. The lowest BCUT2D eigenvalue weighted by Gasteiger charge is -2.10. The predicted octanol–water partition coefficient (Wildman–Crippen LogP) is 6.66. The summed E-state index contributed by atoms with van der Waals surface area (Å²) in [4.78, 5) is 18.5. The van der Waals surface area contributed by atoms with Crippen LogP contribution in [0, 0.1) is 11.6 Å². The van der Waals surface area contributed by atoms with Gasteiger partial charge in [0.2, 0.25) is 11.0 Å². The Morgan fingerprint density at radius 3 is 2.51 bits per heavy atom. The Bertz CT molecular complexity index is 1860. The number of amides is 1. The second-order valence-corrected chi connectivity index (χ2v) is 9.95. The van der Waals surface area contributed by atoms with Crippen LogP contribution in [-0.2, 0) is 0 Å². The first-order valence-electron chi connectivity index (χ1n) is 11.6. The third-order valence-electron chi connectivity index (χ3n) is 5.99. The van der Waals surface area contributed by atoms with E-state index >= 15 is 0 Å². The number of rotatable bonds is 5. The molecule has 3 aromatic carbocycles. The Balaban J connectivity index is 1.44. The molecule has 3 heterocycles. The molecule has 6 aromatic rings. The minimum Gasteiger partial charge on any atom is -0.397 e. The first kappa shape index (κ1) is 24.7. The van der Waals surface area contributed by atoms with Crippen molar-refractivity contribution in [3.05, 3.63) is 107 Å². The van der Waals surface area contributed by atoms with E-state index in [1.54, 1.807) is 30.3 Å². The van der Waals surface area contributed by atoms with Crippen LogP contribution in [0.3, 0.4) is 0 Å². The summed E-state index contributed by atoms with van der Waals surface area (Å²) in [5.74, 6) is -1.93. The summed E-state index contributed by atoms with van der Waals surface area (Å²) in [5.41, 5.74) is 9.03. The van der Waals surface area contributed by atoms with Crippen LogP contribution in [0.1, 0.15) is 9.67 Å². The lowest BCUT2D eigenvalue weighted by atomic mass is 9.99. The van der Waals surface area contributed by atoms with Gasteiger partial charge in [-0.2, -0.15) is 0 Å². The van der Waals surface area contributed by atoms with Gasteiger partial charge in [-0.15, -0.1) is 11.3 Å². The SMILES string of the molecule is Nc1c(C(=O)Nc2c[n+](-c3ccccc3)no2)sc2nc(-c3ccc(Cl)cc3)cc(-c3ccc(F)cc3F)c12. The molecule has 0 radical (unpaired) electrons. The maximum absolute atomic E-state index is 15.0. The fourth-order valence-electron chi connectivity index (χ4n) is 4.15. The van der Waals surface area contributed by atoms with Gasteiger partial charge >= 0.3 is 5.88 Å². The predicted molar refractivity (Wildman–Crippen MR) is 146 cm³/mol. The quantitative estimate of drug-likeness (QED) is 0.230. The number of halogens is 3. The number of fused-ring (bicyclic) bond motifs is 1. The molecular formula is C28H17ClF2N5O2S+. The van der Waals surface area contributed by atoms with Crippen molar-refractivity contribution >= 4 is 50.6 Å². The van der Waals surface area contributed by atoms with Crippen molar-refractivity contribution in [1.82, 2.24) is 10.3 Å². The van der Waals surface area contributed by atoms with Gasteiger partial charge < -0.3 is 5.73 Å². The molecule has 0 unspecified atom stereocenters. The number of aromatic nitrogens is 3. The highest BCUT2D eigenvalue weighted by atomic mass is 35.5. The van der Waals surface area contributed by atoms with Crippen LogP contribution < -0.4 is 15.7 Å². The second kappa shape index (κ2) is 9.90. The molecule has 0 fully saturated rings. The van der Waals surface area contributed by atoms with E-state index in [2.05, 4.69) is 10.6 Å². The Kier molecular flexibility index (Phi) is 6.26. The Hall–Kier alpha value is -4.67. The average molecular weight is 561 g/mol. The molecule has 39 heavy (non-hydrogen) atoms. The topological polar surface area (TPSA) is 97.9 Å². The van der Waals surface area contributed by atoms with Crippen LogP contribution in [0.25, 0.3) is 38.3 Å². The van der Waals surface area contributed by atoms with Crippen LogP contribution in [0.5, 0.6) is 0 Å². The van der Waals surface area contributed by atoms with E-state index in [1.165, 1.54) is 16.9 Å². The number of nitrogen functional groups attached to an aromatic ring is 1. The van der Waals surface area contributed by atoms with E-state index in [0.29, 0.717) is 26.5 Å². The summed E-state index contributed by atoms with van der Waals surface area (Å²) in [6, 6.07) is 21.1. The Morgan fingerprint density at radius 2 is 1.77 bits per heavy atom. The number of hydrogen-bond acceptors (Lipinski definition) is 6. The minimum absolute atomic E-state index is 0.0975. The lowest BCUT2D eigenvalue weighted by Crippen LogP contribution is -2.31. The molecule has 7 nitrogen and oxygen atoms in total. The first-order chi connectivity index (χ1) is 18.9. The van der Waals surface area contributed by atoms with E-state index in [-0.39, 0.29) is 22.0 Å². The van der Waals surface area contributed by atoms with Gasteiger partial charge in [0.15, 0.2) is 0 Å². The molecule has 0 aliphatic heterocycles. The molecule has 0 saturated carbocycles. The van der Waals surface area contributed by atoms with Crippen molar-refractivity contribution < 1.29 is 22.8 Å². The highest BCUT2D eigenvalue weighted by Gasteiger charge is 2.25. The highest BCUT2D eigenvalue weighted by Crippen LogP contribution is 2.42.